The highest BCUT2D eigenvalue weighted by Gasteiger charge is 2.33. The van der Waals surface area contributed by atoms with Crippen molar-refractivity contribution in [2.75, 3.05) is 0 Å². The highest BCUT2D eigenvalue weighted by Crippen LogP contribution is 2.45. The van der Waals surface area contributed by atoms with E-state index in [1.807, 2.05) is 12.1 Å². The van der Waals surface area contributed by atoms with Crippen LogP contribution in [0.25, 0.3) is 39.4 Å². The van der Waals surface area contributed by atoms with Crippen LogP contribution in [0.1, 0.15) is 41.7 Å². The van der Waals surface area contributed by atoms with Crippen molar-refractivity contribution in [3.05, 3.63) is 191 Å². The zero-order chi connectivity index (χ0) is 30.0. The fraction of sp³-hybridized carbons (Fsp3) is 0.0930. The zero-order valence-electron chi connectivity index (χ0n) is 25.1. The average molecular weight is 582 g/mol. The van der Waals surface area contributed by atoms with Gasteiger partial charge in [-0.15, -0.1) is 0 Å². The van der Waals surface area contributed by atoms with E-state index in [4.69, 9.17) is 9.15 Å². The number of ether oxygens (including phenoxy) is 1. The molecule has 2 nitrogen and oxygen atoms in total. The van der Waals surface area contributed by atoms with Crippen LogP contribution in [-0.2, 0) is 11.2 Å². The van der Waals surface area contributed by atoms with Gasteiger partial charge in [0.1, 0.15) is 11.5 Å². The van der Waals surface area contributed by atoms with Crippen LogP contribution in [0.15, 0.2) is 173 Å². The van der Waals surface area contributed by atoms with Crippen LogP contribution in [0.2, 0.25) is 0 Å². The van der Waals surface area contributed by atoms with E-state index < -0.39 is 0 Å². The fourth-order valence-electron chi connectivity index (χ4n) is 6.68. The minimum Gasteiger partial charge on any atom is -0.456 e. The maximum atomic E-state index is 6.66. The predicted molar refractivity (Wildman–Crippen MR) is 185 cm³/mol. The fourth-order valence-corrected chi connectivity index (χ4v) is 6.68. The van der Waals surface area contributed by atoms with Crippen molar-refractivity contribution in [3.8, 4) is 22.5 Å². The minimum absolute atomic E-state index is 0.893. The third kappa shape index (κ3) is 5.30. The maximum Gasteiger partial charge on any atom is 0.361 e. The summed E-state index contributed by atoms with van der Waals surface area (Å²) in [6, 6.07) is 44.4. The lowest BCUT2D eigenvalue weighted by atomic mass is 9.95. The predicted octanol–water partition coefficient (Wildman–Crippen LogP) is 11.4. The van der Waals surface area contributed by atoms with Gasteiger partial charge in [0.15, 0.2) is 0 Å². The summed E-state index contributed by atoms with van der Waals surface area (Å²) in [6.07, 6.45) is 12.7. The van der Waals surface area contributed by atoms with Crippen molar-refractivity contribution in [2.24, 2.45) is 0 Å². The maximum absolute atomic E-state index is 6.66. The van der Waals surface area contributed by atoms with E-state index in [2.05, 4.69) is 140 Å². The summed E-state index contributed by atoms with van der Waals surface area (Å²) in [5.41, 5.74) is 12.2. The number of benzene rings is 4. The summed E-state index contributed by atoms with van der Waals surface area (Å²) >= 11 is 0. The molecule has 216 valence electrons. The van der Waals surface area contributed by atoms with Crippen molar-refractivity contribution in [2.45, 2.75) is 25.7 Å². The van der Waals surface area contributed by atoms with Gasteiger partial charge >= 0.3 is 11.5 Å². The second-order valence-electron chi connectivity index (χ2n) is 11.7. The van der Waals surface area contributed by atoms with E-state index in [0.29, 0.717) is 0 Å². The third-order valence-corrected chi connectivity index (χ3v) is 8.93. The van der Waals surface area contributed by atoms with Crippen molar-refractivity contribution in [3.63, 3.8) is 0 Å². The Hall–Kier alpha value is -5.47. The Morgan fingerprint density at radius 3 is 1.91 bits per heavy atom. The number of hydrogen-bond acceptors (Lipinski definition) is 1. The first-order valence-electron chi connectivity index (χ1n) is 15.8. The number of fused-ring (bicyclic) bond motifs is 2. The summed E-state index contributed by atoms with van der Waals surface area (Å²) < 4.78 is 13.3. The standard InChI is InChI=1S/C43H33O2/c1-5-14-30(15-6-1)38-28-40(32-18-9-3-10-19-32)44-42-34(24-26-36(38)42)22-13-23-35-25-27-37-39(31-16-7-2-8-17-31)29-41(45-43(35)37)33-20-11-4-12-21-33/h1-23,28-29H,24-27H2/q+1. The van der Waals surface area contributed by atoms with E-state index in [0.717, 1.165) is 59.8 Å². The summed E-state index contributed by atoms with van der Waals surface area (Å²) in [6.45, 7) is 0. The number of hydrogen-bond donors (Lipinski definition) is 0. The second kappa shape index (κ2) is 11.9. The lowest BCUT2D eigenvalue weighted by Crippen LogP contribution is -2.03. The number of rotatable bonds is 6. The van der Waals surface area contributed by atoms with Gasteiger partial charge in [-0.05, 0) is 72.2 Å². The molecule has 0 spiro atoms. The van der Waals surface area contributed by atoms with E-state index in [1.165, 1.54) is 44.5 Å². The topological polar surface area (TPSA) is 20.5 Å². The van der Waals surface area contributed by atoms with Crippen LogP contribution in [0.4, 0.5) is 0 Å². The highest BCUT2D eigenvalue weighted by molar-refractivity contribution is 5.89. The molecule has 4 aromatic carbocycles. The molecule has 0 fully saturated rings. The Morgan fingerprint density at radius 1 is 0.600 bits per heavy atom. The van der Waals surface area contributed by atoms with E-state index in [1.54, 1.807) is 0 Å². The molecule has 1 aliphatic heterocycles. The molecule has 2 heteroatoms. The van der Waals surface area contributed by atoms with Crippen molar-refractivity contribution in [1.82, 2.24) is 0 Å². The molecule has 1 aromatic heterocycles. The molecule has 0 amide bonds. The zero-order valence-corrected chi connectivity index (χ0v) is 25.1. The van der Waals surface area contributed by atoms with Crippen LogP contribution in [-0.4, -0.2) is 0 Å². The van der Waals surface area contributed by atoms with E-state index >= 15 is 0 Å². The first-order chi connectivity index (χ1) is 22.3. The molecule has 45 heavy (non-hydrogen) atoms. The van der Waals surface area contributed by atoms with Crippen LogP contribution in [0.3, 0.4) is 0 Å². The van der Waals surface area contributed by atoms with Gasteiger partial charge in [-0.2, -0.15) is 0 Å². The molecule has 5 aromatic rings. The van der Waals surface area contributed by atoms with Crippen molar-refractivity contribution < 1.29 is 9.15 Å². The van der Waals surface area contributed by atoms with Crippen molar-refractivity contribution in [1.29, 1.82) is 0 Å². The summed E-state index contributed by atoms with van der Waals surface area (Å²) in [4.78, 5) is 0. The molecule has 0 saturated heterocycles. The molecule has 0 saturated carbocycles. The molecule has 0 radical (unpaired) electrons. The van der Waals surface area contributed by atoms with Gasteiger partial charge in [-0.25, -0.2) is 4.42 Å². The van der Waals surface area contributed by atoms with Gasteiger partial charge in [-0.1, -0.05) is 121 Å². The molecule has 3 aliphatic rings. The quantitative estimate of drug-likeness (QED) is 0.186. The number of allylic oxidation sites excluding steroid dienone is 8. The van der Waals surface area contributed by atoms with Gasteiger partial charge < -0.3 is 4.74 Å². The van der Waals surface area contributed by atoms with Crippen molar-refractivity contribution >= 4 is 16.9 Å². The minimum atomic E-state index is 0.893. The normalized spacial score (nSPS) is 16.6. The average Bonchev–Trinajstić information content (AvgIpc) is 3.73. The molecule has 8 rings (SSSR count). The Bertz CT molecular complexity index is 2030. The Morgan fingerprint density at radius 2 is 1.22 bits per heavy atom. The lowest BCUT2D eigenvalue weighted by molar-refractivity contribution is 0.390. The van der Waals surface area contributed by atoms with Gasteiger partial charge in [0, 0.05) is 16.7 Å². The summed E-state index contributed by atoms with van der Waals surface area (Å²) in [5.74, 6) is 3.78. The van der Waals surface area contributed by atoms with Gasteiger partial charge in [0.25, 0.3) is 0 Å². The third-order valence-electron chi connectivity index (χ3n) is 8.93. The molecule has 0 unspecified atom stereocenters. The molecule has 2 aliphatic carbocycles. The lowest BCUT2D eigenvalue weighted by Gasteiger charge is -2.22. The van der Waals surface area contributed by atoms with Gasteiger partial charge in [0.05, 0.1) is 22.8 Å². The molecule has 0 bridgehead atoms. The van der Waals surface area contributed by atoms with Crippen LogP contribution in [0, 0.1) is 0 Å². The van der Waals surface area contributed by atoms with Crippen LogP contribution in [0.5, 0.6) is 0 Å². The molecule has 0 N–H and O–H groups in total. The Kier molecular flexibility index (Phi) is 7.17. The van der Waals surface area contributed by atoms with Crippen LogP contribution < -0.4 is 0 Å². The largest absolute Gasteiger partial charge is 0.456 e. The SMILES string of the molecule is C1=C(c2ccccc2)OC2=C(/C=C/C=C3\CCc4c(-c5ccccc5)cc(-c5ccccc5)[o+]c43)CCC2=C1c1ccccc1. The smallest absolute Gasteiger partial charge is 0.361 e. The summed E-state index contributed by atoms with van der Waals surface area (Å²) in [5, 5.41) is 0. The first kappa shape index (κ1) is 27.1. The summed E-state index contributed by atoms with van der Waals surface area (Å²) in [7, 11) is 0. The van der Waals surface area contributed by atoms with E-state index in [9.17, 15) is 0 Å². The molecular formula is C43H33O2+. The molecule has 0 atom stereocenters. The Balaban J connectivity index is 1.17. The molecular weight excluding hydrogens is 548 g/mol. The van der Waals surface area contributed by atoms with Gasteiger partial charge in [-0.3, -0.25) is 0 Å². The van der Waals surface area contributed by atoms with Crippen LogP contribution >= 0.6 is 0 Å². The second-order valence-corrected chi connectivity index (χ2v) is 11.7. The highest BCUT2D eigenvalue weighted by atomic mass is 16.5. The monoisotopic (exact) mass is 581 g/mol. The first-order valence-corrected chi connectivity index (χ1v) is 15.8. The van der Waals surface area contributed by atoms with Gasteiger partial charge in [0.2, 0.25) is 0 Å². The van der Waals surface area contributed by atoms with E-state index in [-0.39, 0.29) is 0 Å². The Labute approximate surface area is 264 Å². The molecule has 2 heterocycles.